The Balaban J connectivity index is 0.00000529. The molecule has 0 unspecified atom stereocenters. The summed E-state index contributed by atoms with van der Waals surface area (Å²) in [6.45, 7) is 0.696. The number of nitrogens with two attached hydrogens (primary N) is 1. The minimum Gasteiger partial charge on any atom is -0.495 e. The SMILES string of the molecule is COc1cc(C(=O)N(C)C)ccc1NC(=O)CCCCCCN.Cl. The summed E-state index contributed by atoms with van der Waals surface area (Å²) in [5, 5.41) is 2.83. The van der Waals surface area contributed by atoms with Crippen LogP contribution in [0.4, 0.5) is 5.69 Å². The van der Waals surface area contributed by atoms with Crippen molar-refractivity contribution in [3.63, 3.8) is 0 Å². The van der Waals surface area contributed by atoms with E-state index in [1.807, 2.05) is 0 Å². The fourth-order valence-electron chi connectivity index (χ4n) is 2.18. The maximum Gasteiger partial charge on any atom is 0.253 e. The zero-order valence-electron chi connectivity index (χ0n) is 14.6. The first kappa shape index (κ1) is 22.2. The smallest absolute Gasteiger partial charge is 0.253 e. The lowest BCUT2D eigenvalue weighted by atomic mass is 10.1. The van der Waals surface area contributed by atoms with Crippen molar-refractivity contribution in [2.45, 2.75) is 32.1 Å². The molecule has 0 aliphatic carbocycles. The van der Waals surface area contributed by atoms with Crippen molar-refractivity contribution in [3.05, 3.63) is 23.8 Å². The van der Waals surface area contributed by atoms with Crippen molar-refractivity contribution in [1.82, 2.24) is 4.90 Å². The van der Waals surface area contributed by atoms with Gasteiger partial charge in [0, 0.05) is 26.1 Å². The molecule has 0 saturated carbocycles. The van der Waals surface area contributed by atoms with Crippen LogP contribution in [0.1, 0.15) is 42.5 Å². The van der Waals surface area contributed by atoms with Gasteiger partial charge in [-0.1, -0.05) is 12.8 Å². The lowest BCUT2D eigenvalue weighted by molar-refractivity contribution is -0.116. The van der Waals surface area contributed by atoms with Gasteiger partial charge in [0.05, 0.1) is 12.8 Å². The number of hydrogen-bond donors (Lipinski definition) is 2. The van der Waals surface area contributed by atoms with Gasteiger partial charge in [0.25, 0.3) is 5.91 Å². The summed E-state index contributed by atoms with van der Waals surface area (Å²) in [5.41, 5.74) is 6.54. The van der Waals surface area contributed by atoms with E-state index in [4.69, 9.17) is 10.5 Å². The predicted octanol–water partition coefficient (Wildman–Crippen LogP) is 2.67. The Morgan fingerprint density at radius 3 is 2.42 bits per heavy atom. The summed E-state index contributed by atoms with van der Waals surface area (Å²) in [7, 11) is 4.89. The van der Waals surface area contributed by atoms with E-state index in [9.17, 15) is 9.59 Å². The number of amides is 2. The first-order valence-corrected chi connectivity index (χ1v) is 7.89. The van der Waals surface area contributed by atoms with E-state index in [2.05, 4.69) is 5.32 Å². The number of ether oxygens (including phenoxy) is 1. The number of benzene rings is 1. The molecule has 24 heavy (non-hydrogen) atoms. The third-order valence-electron chi connectivity index (χ3n) is 3.49. The Hall–Kier alpha value is -1.79. The minimum absolute atomic E-state index is 0. The quantitative estimate of drug-likeness (QED) is 0.665. The van der Waals surface area contributed by atoms with Gasteiger partial charge in [0.15, 0.2) is 0 Å². The number of anilines is 1. The molecule has 1 rings (SSSR count). The van der Waals surface area contributed by atoms with Crippen LogP contribution in [0.25, 0.3) is 0 Å². The number of nitrogens with one attached hydrogen (secondary N) is 1. The van der Waals surface area contributed by atoms with E-state index in [1.165, 1.54) is 12.0 Å². The topological polar surface area (TPSA) is 84.7 Å². The minimum atomic E-state index is -0.110. The highest BCUT2D eigenvalue weighted by atomic mass is 35.5. The molecule has 6 nitrogen and oxygen atoms in total. The highest BCUT2D eigenvalue weighted by Gasteiger charge is 2.13. The largest absolute Gasteiger partial charge is 0.495 e. The Morgan fingerprint density at radius 2 is 1.83 bits per heavy atom. The molecule has 0 aliphatic heterocycles. The Morgan fingerprint density at radius 1 is 1.17 bits per heavy atom. The van der Waals surface area contributed by atoms with Crippen molar-refractivity contribution in [1.29, 1.82) is 0 Å². The second kappa shape index (κ2) is 11.7. The molecule has 136 valence electrons. The van der Waals surface area contributed by atoms with E-state index in [-0.39, 0.29) is 24.2 Å². The number of methoxy groups -OCH3 is 1. The van der Waals surface area contributed by atoms with Gasteiger partial charge in [0.2, 0.25) is 5.91 Å². The van der Waals surface area contributed by atoms with Crippen LogP contribution in [-0.2, 0) is 4.79 Å². The molecule has 7 heteroatoms. The van der Waals surface area contributed by atoms with E-state index >= 15 is 0 Å². The van der Waals surface area contributed by atoms with Crippen LogP contribution in [0.3, 0.4) is 0 Å². The van der Waals surface area contributed by atoms with Crippen LogP contribution in [-0.4, -0.2) is 44.5 Å². The highest BCUT2D eigenvalue weighted by Crippen LogP contribution is 2.26. The van der Waals surface area contributed by atoms with E-state index in [0.717, 1.165) is 25.7 Å². The van der Waals surface area contributed by atoms with Crippen molar-refractivity contribution < 1.29 is 14.3 Å². The fraction of sp³-hybridized carbons (Fsp3) is 0.529. The average molecular weight is 358 g/mol. The molecule has 0 heterocycles. The molecule has 0 atom stereocenters. The number of carbonyl (C=O) groups is 2. The highest BCUT2D eigenvalue weighted by molar-refractivity contribution is 5.97. The average Bonchev–Trinajstić information content (AvgIpc) is 2.54. The zero-order valence-corrected chi connectivity index (χ0v) is 15.4. The summed E-state index contributed by atoms with van der Waals surface area (Å²) in [6, 6.07) is 5.02. The Bertz CT molecular complexity index is 536. The number of carbonyl (C=O) groups excluding carboxylic acids is 2. The van der Waals surface area contributed by atoms with E-state index < -0.39 is 0 Å². The first-order chi connectivity index (χ1) is 11.0. The fourth-order valence-corrected chi connectivity index (χ4v) is 2.18. The summed E-state index contributed by atoms with van der Waals surface area (Å²) >= 11 is 0. The molecule has 1 aromatic rings. The second-order valence-corrected chi connectivity index (χ2v) is 5.62. The van der Waals surface area contributed by atoms with Crippen LogP contribution >= 0.6 is 12.4 Å². The van der Waals surface area contributed by atoms with Gasteiger partial charge in [-0.05, 0) is 37.6 Å². The Labute approximate surface area is 150 Å². The number of hydrogen-bond acceptors (Lipinski definition) is 4. The van der Waals surface area contributed by atoms with Crippen molar-refractivity contribution in [2.24, 2.45) is 5.73 Å². The van der Waals surface area contributed by atoms with Crippen molar-refractivity contribution in [3.8, 4) is 5.75 Å². The maximum atomic E-state index is 12.0. The van der Waals surface area contributed by atoms with Crippen LogP contribution in [0.5, 0.6) is 5.75 Å². The van der Waals surface area contributed by atoms with Crippen LogP contribution in [0.2, 0.25) is 0 Å². The molecular formula is C17H28ClN3O3. The van der Waals surface area contributed by atoms with Crippen molar-refractivity contribution in [2.75, 3.05) is 33.1 Å². The third-order valence-corrected chi connectivity index (χ3v) is 3.49. The lowest BCUT2D eigenvalue weighted by Gasteiger charge is -2.14. The van der Waals surface area contributed by atoms with Gasteiger partial charge in [-0.15, -0.1) is 12.4 Å². The molecule has 0 bridgehead atoms. The number of rotatable bonds is 9. The van der Waals surface area contributed by atoms with Crippen LogP contribution in [0, 0.1) is 0 Å². The molecular weight excluding hydrogens is 330 g/mol. The molecule has 3 N–H and O–H groups in total. The number of halogens is 1. The van der Waals surface area contributed by atoms with Gasteiger partial charge in [0.1, 0.15) is 5.75 Å². The maximum absolute atomic E-state index is 12.0. The normalized spacial score (nSPS) is 9.83. The number of unbranched alkanes of at least 4 members (excludes halogenated alkanes) is 3. The monoisotopic (exact) mass is 357 g/mol. The molecule has 0 aromatic heterocycles. The van der Waals surface area contributed by atoms with E-state index in [0.29, 0.717) is 30.0 Å². The van der Waals surface area contributed by atoms with Gasteiger partial charge >= 0.3 is 0 Å². The first-order valence-electron chi connectivity index (χ1n) is 7.89. The van der Waals surface area contributed by atoms with Crippen molar-refractivity contribution >= 4 is 29.9 Å². The zero-order chi connectivity index (χ0) is 17.2. The van der Waals surface area contributed by atoms with Gasteiger partial charge in [-0.25, -0.2) is 0 Å². The third kappa shape index (κ3) is 7.19. The predicted molar refractivity (Wildman–Crippen MR) is 99.0 cm³/mol. The summed E-state index contributed by atoms with van der Waals surface area (Å²) in [5.74, 6) is 0.318. The van der Waals surface area contributed by atoms with Gasteiger partial charge in [-0.2, -0.15) is 0 Å². The number of nitrogens with zero attached hydrogens (tertiary/aromatic N) is 1. The standard InChI is InChI=1S/C17H27N3O3.ClH/c1-20(2)17(22)13-9-10-14(15(12-13)23-3)19-16(21)8-6-4-5-7-11-18;/h9-10,12H,4-8,11,18H2,1-3H3,(H,19,21);1H. The summed E-state index contributed by atoms with van der Waals surface area (Å²) in [6.07, 6.45) is 4.35. The van der Waals surface area contributed by atoms with Crippen LogP contribution in [0.15, 0.2) is 18.2 Å². The second-order valence-electron chi connectivity index (χ2n) is 5.62. The summed E-state index contributed by atoms with van der Waals surface area (Å²) < 4.78 is 5.28. The van der Waals surface area contributed by atoms with Gasteiger partial charge < -0.3 is 20.7 Å². The summed E-state index contributed by atoms with van der Waals surface area (Å²) in [4.78, 5) is 25.4. The molecule has 2 amide bonds. The molecule has 0 fully saturated rings. The molecule has 0 radical (unpaired) electrons. The molecule has 0 saturated heterocycles. The Kier molecular flexibility index (Phi) is 10.8. The lowest BCUT2D eigenvalue weighted by Crippen LogP contribution is -2.21. The molecule has 0 aliphatic rings. The van der Waals surface area contributed by atoms with Gasteiger partial charge in [-0.3, -0.25) is 9.59 Å². The van der Waals surface area contributed by atoms with Crippen LogP contribution < -0.4 is 15.8 Å². The molecule has 1 aromatic carbocycles. The molecule has 0 spiro atoms. The van der Waals surface area contributed by atoms with E-state index in [1.54, 1.807) is 32.3 Å².